The molecule has 2 rings (SSSR count). The third-order valence-corrected chi connectivity index (χ3v) is 2.58. The van der Waals surface area contributed by atoms with Gasteiger partial charge in [-0.15, -0.1) is 5.10 Å². The molecule has 0 amide bonds. The summed E-state index contributed by atoms with van der Waals surface area (Å²) in [5, 5.41) is 18.3. The van der Waals surface area contributed by atoms with Crippen LogP contribution in [0.25, 0.3) is 0 Å². The van der Waals surface area contributed by atoms with Crippen LogP contribution in [-0.4, -0.2) is 38.8 Å². The molecule has 1 saturated heterocycles. The van der Waals surface area contributed by atoms with Crippen molar-refractivity contribution in [2.45, 2.75) is 31.7 Å². The van der Waals surface area contributed by atoms with Gasteiger partial charge in [-0.05, 0) is 19.4 Å². The fourth-order valence-corrected chi connectivity index (χ4v) is 1.81. The van der Waals surface area contributed by atoms with Crippen molar-refractivity contribution in [2.75, 3.05) is 6.54 Å². The normalized spacial score (nSPS) is 21.5. The summed E-state index contributed by atoms with van der Waals surface area (Å²) in [6.07, 6.45) is 4.27. The summed E-state index contributed by atoms with van der Waals surface area (Å²) in [6, 6.07) is 0.397. The number of hydrogen-bond acceptors (Lipinski definition) is 4. The molecule has 1 aliphatic rings. The third kappa shape index (κ3) is 2.53. The van der Waals surface area contributed by atoms with Crippen molar-refractivity contribution in [1.29, 1.82) is 0 Å². The van der Waals surface area contributed by atoms with Gasteiger partial charge in [-0.3, -0.25) is 5.10 Å². The maximum absolute atomic E-state index is 10.5. The molecule has 15 heavy (non-hydrogen) atoms. The van der Waals surface area contributed by atoms with Gasteiger partial charge in [0.15, 0.2) is 0 Å². The molecule has 0 saturated carbocycles. The van der Waals surface area contributed by atoms with Crippen molar-refractivity contribution in [3.63, 3.8) is 0 Å². The Balaban J connectivity index is 1.94. The van der Waals surface area contributed by atoms with Crippen LogP contribution >= 0.6 is 0 Å². The van der Waals surface area contributed by atoms with Crippen molar-refractivity contribution in [3.05, 3.63) is 11.6 Å². The molecule has 0 aliphatic carbocycles. The van der Waals surface area contributed by atoms with Crippen LogP contribution in [0.15, 0.2) is 0 Å². The van der Waals surface area contributed by atoms with E-state index in [4.69, 9.17) is 5.11 Å². The lowest BCUT2D eigenvalue weighted by molar-refractivity contribution is 0.0684. The van der Waals surface area contributed by atoms with Crippen LogP contribution in [0.4, 0.5) is 0 Å². The highest BCUT2D eigenvalue weighted by molar-refractivity contribution is 5.82. The fourth-order valence-electron chi connectivity index (χ4n) is 1.81. The van der Waals surface area contributed by atoms with E-state index < -0.39 is 5.97 Å². The van der Waals surface area contributed by atoms with Gasteiger partial charge in [-0.25, -0.2) is 9.78 Å². The number of carboxylic acid groups (broad SMARTS) is 1. The highest BCUT2D eigenvalue weighted by atomic mass is 16.4. The molecule has 1 fully saturated rings. The Morgan fingerprint density at radius 1 is 1.53 bits per heavy atom. The average molecular weight is 210 g/mol. The Kier molecular flexibility index (Phi) is 2.96. The Labute approximate surface area is 87.1 Å². The minimum atomic E-state index is -1.09. The van der Waals surface area contributed by atoms with Gasteiger partial charge < -0.3 is 10.4 Å². The first-order valence-corrected chi connectivity index (χ1v) is 5.13. The van der Waals surface area contributed by atoms with Crippen LogP contribution in [0, 0.1) is 0 Å². The van der Waals surface area contributed by atoms with Gasteiger partial charge in [0.2, 0.25) is 0 Å². The number of hydrogen-bond donors (Lipinski definition) is 3. The summed E-state index contributed by atoms with van der Waals surface area (Å²) in [7, 11) is 0. The fraction of sp³-hybridized carbons (Fsp3) is 0.667. The topological polar surface area (TPSA) is 90.9 Å². The number of aromatic nitrogens is 3. The first-order chi connectivity index (χ1) is 7.25. The summed E-state index contributed by atoms with van der Waals surface area (Å²) in [6.45, 7) is 1.03. The largest absolute Gasteiger partial charge is 0.475 e. The van der Waals surface area contributed by atoms with Gasteiger partial charge in [-0.1, -0.05) is 6.42 Å². The number of carboxylic acids is 1. The molecule has 6 nitrogen and oxygen atoms in total. The van der Waals surface area contributed by atoms with Crippen molar-refractivity contribution >= 4 is 5.97 Å². The average Bonchev–Trinajstić information content (AvgIpc) is 2.68. The Morgan fingerprint density at radius 3 is 3.00 bits per heavy atom. The summed E-state index contributed by atoms with van der Waals surface area (Å²) >= 11 is 0. The molecule has 1 aromatic heterocycles. The van der Waals surface area contributed by atoms with Crippen LogP contribution in [0.5, 0.6) is 0 Å². The second kappa shape index (κ2) is 4.39. The molecule has 1 unspecified atom stereocenters. The monoisotopic (exact) mass is 210 g/mol. The van der Waals surface area contributed by atoms with E-state index in [-0.39, 0.29) is 5.82 Å². The Hall–Kier alpha value is -1.43. The Bertz CT molecular complexity index is 344. The molecule has 0 bridgehead atoms. The number of H-pyrrole nitrogens is 1. The molecule has 0 radical (unpaired) electrons. The lowest BCUT2D eigenvalue weighted by atomic mass is 10.0. The van der Waals surface area contributed by atoms with Crippen LogP contribution in [0.2, 0.25) is 0 Å². The number of aromatic carboxylic acids is 1. The van der Waals surface area contributed by atoms with Crippen LogP contribution in [-0.2, 0) is 6.42 Å². The van der Waals surface area contributed by atoms with Gasteiger partial charge in [0.25, 0.3) is 5.82 Å². The highest BCUT2D eigenvalue weighted by Crippen LogP contribution is 2.10. The summed E-state index contributed by atoms with van der Waals surface area (Å²) < 4.78 is 0. The Morgan fingerprint density at radius 2 is 2.40 bits per heavy atom. The van der Waals surface area contributed by atoms with Gasteiger partial charge in [-0.2, -0.15) is 0 Å². The van der Waals surface area contributed by atoms with E-state index in [9.17, 15) is 4.79 Å². The first-order valence-electron chi connectivity index (χ1n) is 5.13. The zero-order valence-corrected chi connectivity index (χ0v) is 8.36. The van der Waals surface area contributed by atoms with Crippen LogP contribution < -0.4 is 5.32 Å². The predicted molar refractivity (Wildman–Crippen MR) is 52.7 cm³/mol. The molecule has 1 aliphatic heterocycles. The maximum atomic E-state index is 10.5. The molecule has 2 heterocycles. The molecule has 1 aromatic rings. The van der Waals surface area contributed by atoms with E-state index >= 15 is 0 Å². The van der Waals surface area contributed by atoms with Crippen LogP contribution in [0.3, 0.4) is 0 Å². The summed E-state index contributed by atoms with van der Waals surface area (Å²) in [5.74, 6) is -0.596. The van der Waals surface area contributed by atoms with Gasteiger partial charge >= 0.3 is 5.97 Å². The van der Waals surface area contributed by atoms with Crippen molar-refractivity contribution in [2.24, 2.45) is 0 Å². The quantitative estimate of drug-likeness (QED) is 0.662. The number of carbonyl (C=O) groups is 1. The molecule has 1 atom stereocenters. The second-order valence-electron chi connectivity index (χ2n) is 3.76. The molecule has 3 N–H and O–H groups in total. The number of nitrogens with one attached hydrogen (secondary N) is 2. The first kappa shape index (κ1) is 10.1. The summed E-state index contributed by atoms with van der Waals surface area (Å²) in [4.78, 5) is 14.4. The number of rotatable bonds is 3. The number of piperidine rings is 1. The van der Waals surface area contributed by atoms with Crippen molar-refractivity contribution < 1.29 is 9.90 Å². The maximum Gasteiger partial charge on any atom is 0.375 e. The van der Waals surface area contributed by atoms with E-state index in [0.717, 1.165) is 19.4 Å². The minimum Gasteiger partial charge on any atom is -0.475 e. The van der Waals surface area contributed by atoms with E-state index in [0.29, 0.717) is 11.9 Å². The molecule has 82 valence electrons. The van der Waals surface area contributed by atoms with E-state index in [1.165, 1.54) is 12.8 Å². The molecule has 0 aromatic carbocycles. The van der Waals surface area contributed by atoms with Gasteiger partial charge in [0, 0.05) is 12.5 Å². The van der Waals surface area contributed by atoms with Crippen molar-refractivity contribution in [3.8, 4) is 0 Å². The number of nitrogens with zero attached hydrogens (tertiary/aromatic N) is 2. The van der Waals surface area contributed by atoms with E-state index in [1.807, 2.05) is 0 Å². The zero-order chi connectivity index (χ0) is 10.7. The molecule has 6 heteroatoms. The second-order valence-corrected chi connectivity index (χ2v) is 3.76. The highest BCUT2D eigenvalue weighted by Gasteiger charge is 2.16. The molecular formula is C9H14N4O2. The third-order valence-electron chi connectivity index (χ3n) is 2.58. The van der Waals surface area contributed by atoms with E-state index in [1.54, 1.807) is 0 Å². The van der Waals surface area contributed by atoms with Crippen molar-refractivity contribution in [1.82, 2.24) is 20.5 Å². The molecular weight excluding hydrogens is 196 g/mol. The molecule has 0 spiro atoms. The van der Waals surface area contributed by atoms with Gasteiger partial charge in [0.05, 0.1) is 0 Å². The standard InChI is InChI=1S/C9H14N4O2/c14-9(15)8-11-7(12-13-8)5-6-3-1-2-4-10-6/h6,10H,1-5H2,(H,14,15)(H,11,12,13). The lowest BCUT2D eigenvalue weighted by Crippen LogP contribution is -2.35. The van der Waals surface area contributed by atoms with E-state index in [2.05, 4.69) is 20.5 Å². The lowest BCUT2D eigenvalue weighted by Gasteiger charge is -2.22. The SMILES string of the molecule is O=C(O)c1n[nH]c(CC2CCCCN2)n1. The predicted octanol–water partition coefficient (Wildman–Crippen LogP) is 0.187. The zero-order valence-electron chi connectivity index (χ0n) is 8.36. The van der Waals surface area contributed by atoms with Crippen LogP contribution in [0.1, 0.15) is 35.7 Å². The van der Waals surface area contributed by atoms with Gasteiger partial charge in [0.1, 0.15) is 5.82 Å². The summed E-state index contributed by atoms with van der Waals surface area (Å²) in [5.41, 5.74) is 0. The smallest absolute Gasteiger partial charge is 0.375 e. The minimum absolute atomic E-state index is 0.152. The number of aromatic amines is 1.